The number of anilines is 1. The molecule has 0 aromatic heterocycles. The van der Waals surface area contributed by atoms with Gasteiger partial charge < -0.3 is 15.3 Å². The minimum absolute atomic E-state index is 0.0513. The summed E-state index contributed by atoms with van der Waals surface area (Å²) in [7, 11) is 0. The first-order valence-corrected chi connectivity index (χ1v) is 7.14. The predicted octanol–water partition coefficient (Wildman–Crippen LogP) is 2.88. The fourth-order valence-corrected chi connectivity index (χ4v) is 2.80. The third-order valence-corrected chi connectivity index (χ3v) is 3.86. The minimum Gasteiger partial charge on any atom is -0.481 e. The number of hydrogen-bond donors (Lipinski definition) is 2. The quantitative estimate of drug-likeness (QED) is 0.775. The van der Waals surface area contributed by atoms with Crippen molar-refractivity contribution >= 4 is 51.9 Å². The second-order valence-electron chi connectivity index (χ2n) is 4.42. The molecule has 0 unspecified atom stereocenters. The third-order valence-electron chi connectivity index (χ3n) is 2.88. The van der Waals surface area contributed by atoms with Gasteiger partial charge in [0, 0.05) is 22.6 Å². The van der Waals surface area contributed by atoms with Crippen LogP contribution < -0.4 is 5.32 Å². The number of hydrogen-bond acceptors (Lipinski definition) is 2. The number of carboxylic acids is 1. The Bertz CT molecular complexity index is 518. The fourth-order valence-electron chi connectivity index (χ4n) is 1.90. The van der Waals surface area contributed by atoms with E-state index in [1.807, 2.05) is 6.07 Å². The largest absolute Gasteiger partial charge is 0.481 e. The predicted molar refractivity (Wildman–Crippen MR) is 80.5 cm³/mol. The molecule has 0 atom stereocenters. The van der Waals surface area contributed by atoms with Crippen LogP contribution in [0, 0.1) is 9.49 Å². The molecular formula is C12H12ClIN2O3. The summed E-state index contributed by atoms with van der Waals surface area (Å²) >= 11 is 8.16. The number of halogens is 2. The zero-order chi connectivity index (χ0) is 14.0. The van der Waals surface area contributed by atoms with Gasteiger partial charge in [0.25, 0.3) is 0 Å². The molecule has 1 heterocycles. The number of benzene rings is 1. The summed E-state index contributed by atoms with van der Waals surface area (Å²) in [6.07, 6.45) is 0.105. The van der Waals surface area contributed by atoms with Crippen molar-refractivity contribution in [2.75, 3.05) is 18.4 Å². The maximum absolute atomic E-state index is 11.9. The van der Waals surface area contributed by atoms with Crippen LogP contribution in [0.2, 0.25) is 5.02 Å². The lowest BCUT2D eigenvalue weighted by atomic mass is 9.97. The third kappa shape index (κ3) is 3.73. The van der Waals surface area contributed by atoms with Crippen LogP contribution in [0.3, 0.4) is 0 Å². The van der Waals surface area contributed by atoms with E-state index in [0.717, 1.165) is 3.57 Å². The summed E-state index contributed by atoms with van der Waals surface area (Å²) in [6.45, 7) is 0.945. The number of nitrogens with one attached hydrogen (secondary N) is 1. The molecule has 1 aromatic rings. The number of likely N-dealkylation sites (tertiary alicyclic amines) is 1. The summed E-state index contributed by atoms with van der Waals surface area (Å²) < 4.78 is 0.992. The molecule has 1 aliphatic heterocycles. The van der Waals surface area contributed by atoms with Crippen molar-refractivity contribution in [3.8, 4) is 0 Å². The van der Waals surface area contributed by atoms with Crippen molar-refractivity contribution in [2.45, 2.75) is 6.42 Å². The average molecular weight is 395 g/mol. The zero-order valence-corrected chi connectivity index (χ0v) is 12.8. The molecular weight excluding hydrogens is 383 g/mol. The minimum atomic E-state index is -0.828. The summed E-state index contributed by atoms with van der Waals surface area (Å²) in [5.74, 6) is -0.777. The SMILES string of the molecule is O=C(O)CC1CN(C(=O)Nc2ccc(I)cc2Cl)C1. The van der Waals surface area contributed by atoms with Gasteiger partial charge in [0.15, 0.2) is 0 Å². The smallest absolute Gasteiger partial charge is 0.321 e. The second kappa shape index (κ2) is 5.96. The maximum Gasteiger partial charge on any atom is 0.321 e. The highest BCUT2D eigenvalue weighted by molar-refractivity contribution is 14.1. The maximum atomic E-state index is 11.9. The van der Waals surface area contributed by atoms with Crippen LogP contribution in [0.15, 0.2) is 18.2 Å². The molecule has 2 N–H and O–H groups in total. The molecule has 19 heavy (non-hydrogen) atoms. The topological polar surface area (TPSA) is 69.6 Å². The molecule has 1 aromatic carbocycles. The number of carbonyl (C=O) groups is 2. The van der Waals surface area contributed by atoms with Gasteiger partial charge >= 0.3 is 12.0 Å². The Morgan fingerprint density at radius 1 is 1.47 bits per heavy atom. The molecule has 5 nitrogen and oxygen atoms in total. The van der Waals surface area contributed by atoms with Gasteiger partial charge in [0.1, 0.15) is 0 Å². The number of urea groups is 1. The van der Waals surface area contributed by atoms with E-state index in [2.05, 4.69) is 27.9 Å². The lowest BCUT2D eigenvalue weighted by Crippen LogP contribution is -2.52. The highest BCUT2D eigenvalue weighted by Crippen LogP contribution is 2.25. The number of carbonyl (C=O) groups excluding carboxylic acids is 1. The van der Waals surface area contributed by atoms with Crippen molar-refractivity contribution in [2.24, 2.45) is 5.92 Å². The number of nitrogens with zero attached hydrogens (tertiary/aromatic N) is 1. The van der Waals surface area contributed by atoms with Crippen LogP contribution in [0.4, 0.5) is 10.5 Å². The van der Waals surface area contributed by atoms with Crippen LogP contribution in [-0.2, 0) is 4.79 Å². The Morgan fingerprint density at radius 3 is 2.74 bits per heavy atom. The standard InChI is InChI=1S/C12H12ClIN2O3/c13-9-4-8(14)1-2-10(9)15-12(19)16-5-7(6-16)3-11(17)18/h1-2,4,7H,3,5-6H2,(H,15,19)(H,17,18). The lowest BCUT2D eigenvalue weighted by molar-refractivity contribution is -0.139. The first kappa shape index (κ1) is 14.4. The van der Waals surface area contributed by atoms with Crippen molar-refractivity contribution in [3.63, 3.8) is 0 Å². The Hall–Kier alpha value is -1.02. The van der Waals surface area contributed by atoms with Crippen molar-refractivity contribution in [3.05, 3.63) is 26.8 Å². The van der Waals surface area contributed by atoms with E-state index in [1.54, 1.807) is 17.0 Å². The van der Waals surface area contributed by atoms with E-state index in [0.29, 0.717) is 23.8 Å². The van der Waals surface area contributed by atoms with E-state index in [-0.39, 0.29) is 18.4 Å². The van der Waals surface area contributed by atoms with Gasteiger partial charge in [-0.3, -0.25) is 4.79 Å². The Morgan fingerprint density at radius 2 is 2.16 bits per heavy atom. The van der Waals surface area contributed by atoms with Crippen LogP contribution in [-0.4, -0.2) is 35.1 Å². The molecule has 7 heteroatoms. The van der Waals surface area contributed by atoms with Crippen LogP contribution >= 0.6 is 34.2 Å². The molecule has 0 saturated carbocycles. The van der Waals surface area contributed by atoms with E-state index >= 15 is 0 Å². The molecule has 1 fully saturated rings. The molecule has 102 valence electrons. The molecule has 1 aliphatic rings. The summed E-state index contributed by atoms with van der Waals surface area (Å²) in [4.78, 5) is 24.0. The lowest BCUT2D eigenvalue weighted by Gasteiger charge is -2.38. The summed E-state index contributed by atoms with van der Waals surface area (Å²) in [6, 6.07) is 5.12. The van der Waals surface area contributed by atoms with Gasteiger partial charge in [-0.05, 0) is 40.8 Å². The van der Waals surface area contributed by atoms with Gasteiger partial charge in [-0.1, -0.05) is 11.6 Å². The fraction of sp³-hybridized carbons (Fsp3) is 0.333. The molecule has 1 saturated heterocycles. The van der Waals surface area contributed by atoms with E-state index in [9.17, 15) is 9.59 Å². The molecule has 0 spiro atoms. The van der Waals surface area contributed by atoms with E-state index in [1.165, 1.54) is 0 Å². The number of amides is 2. The van der Waals surface area contributed by atoms with Crippen LogP contribution in [0.1, 0.15) is 6.42 Å². The first-order valence-electron chi connectivity index (χ1n) is 5.68. The van der Waals surface area contributed by atoms with E-state index in [4.69, 9.17) is 16.7 Å². The Labute approximate surface area is 129 Å². The van der Waals surface area contributed by atoms with Crippen molar-refractivity contribution in [1.29, 1.82) is 0 Å². The monoisotopic (exact) mass is 394 g/mol. The molecule has 2 rings (SSSR count). The second-order valence-corrected chi connectivity index (χ2v) is 6.08. The van der Waals surface area contributed by atoms with E-state index < -0.39 is 5.97 Å². The molecule has 0 bridgehead atoms. The van der Waals surface area contributed by atoms with Gasteiger partial charge in [-0.15, -0.1) is 0 Å². The zero-order valence-electron chi connectivity index (χ0n) is 9.90. The molecule has 2 amide bonds. The normalized spacial score (nSPS) is 14.9. The Balaban J connectivity index is 1.87. The molecule has 0 aliphatic carbocycles. The van der Waals surface area contributed by atoms with Crippen LogP contribution in [0.5, 0.6) is 0 Å². The van der Waals surface area contributed by atoms with Gasteiger partial charge in [0.2, 0.25) is 0 Å². The van der Waals surface area contributed by atoms with Gasteiger partial charge in [-0.25, -0.2) is 4.79 Å². The number of rotatable bonds is 3. The molecule has 0 radical (unpaired) electrons. The van der Waals surface area contributed by atoms with Crippen LogP contribution in [0.25, 0.3) is 0 Å². The summed E-state index contributed by atoms with van der Waals surface area (Å²) in [5, 5.41) is 11.8. The first-order chi connectivity index (χ1) is 8.95. The Kier molecular flexibility index (Phi) is 4.51. The number of aliphatic carboxylic acids is 1. The number of carboxylic acid groups (broad SMARTS) is 1. The average Bonchev–Trinajstić information content (AvgIpc) is 2.26. The highest BCUT2D eigenvalue weighted by atomic mass is 127. The van der Waals surface area contributed by atoms with Gasteiger partial charge in [-0.2, -0.15) is 0 Å². The summed E-state index contributed by atoms with van der Waals surface area (Å²) in [5.41, 5.74) is 0.564. The van der Waals surface area contributed by atoms with Crippen molar-refractivity contribution in [1.82, 2.24) is 4.90 Å². The van der Waals surface area contributed by atoms with Crippen molar-refractivity contribution < 1.29 is 14.7 Å². The highest BCUT2D eigenvalue weighted by Gasteiger charge is 2.32. The van der Waals surface area contributed by atoms with Gasteiger partial charge in [0.05, 0.1) is 17.1 Å².